The number of para-hydroxylation sites is 2. The summed E-state index contributed by atoms with van der Waals surface area (Å²) in [5, 5.41) is 12.7. The van der Waals surface area contributed by atoms with Crippen molar-refractivity contribution >= 4 is 29.2 Å². The number of nitrogens with two attached hydrogens (primary N) is 1. The Hall–Kier alpha value is -3.50. The van der Waals surface area contributed by atoms with E-state index in [4.69, 9.17) is 10.5 Å². The minimum absolute atomic E-state index is 0.0713. The van der Waals surface area contributed by atoms with Crippen LogP contribution in [-0.4, -0.2) is 18.0 Å². The molecule has 0 unspecified atom stereocenters. The molecule has 0 saturated carbocycles. The molecule has 140 valence electrons. The molecule has 1 heterocycles. The maximum Gasteiger partial charge on any atom is 0.259 e. The van der Waals surface area contributed by atoms with Crippen molar-refractivity contribution in [2.45, 2.75) is 10.8 Å². The summed E-state index contributed by atoms with van der Waals surface area (Å²) in [4.78, 5) is 16.9. The largest absolute Gasteiger partial charge is 0.495 e. The molecule has 0 saturated heterocycles. The van der Waals surface area contributed by atoms with Gasteiger partial charge in [-0.05, 0) is 23.8 Å². The Morgan fingerprint density at radius 3 is 2.64 bits per heavy atom. The second kappa shape index (κ2) is 8.93. The minimum Gasteiger partial charge on any atom is -0.495 e. The molecule has 1 aromatic heterocycles. The van der Waals surface area contributed by atoms with E-state index in [1.807, 2.05) is 30.3 Å². The van der Waals surface area contributed by atoms with E-state index in [-0.39, 0.29) is 11.4 Å². The van der Waals surface area contributed by atoms with Gasteiger partial charge in [0, 0.05) is 5.75 Å². The lowest BCUT2D eigenvalue weighted by molar-refractivity contribution is 0.102. The maximum atomic E-state index is 12.7. The number of rotatable bonds is 6. The van der Waals surface area contributed by atoms with Crippen molar-refractivity contribution in [1.29, 1.82) is 5.26 Å². The van der Waals surface area contributed by atoms with Crippen molar-refractivity contribution in [2.75, 3.05) is 18.2 Å². The highest BCUT2D eigenvalue weighted by Gasteiger charge is 2.17. The van der Waals surface area contributed by atoms with Gasteiger partial charge in [-0.15, -0.1) is 11.8 Å². The van der Waals surface area contributed by atoms with Crippen LogP contribution >= 0.6 is 11.8 Å². The molecule has 0 aliphatic rings. The van der Waals surface area contributed by atoms with Crippen LogP contribution in [0.5, 0.6) is 5.75 Å². The normalized spacial score (nSPS) is 10.1. The average Bonchev–Trinajstić information content (AvgIpc) is 2.73. The van der Waals surface area contributed by atoms with E-state index < -0.39 is 5.91 Å². The fraction of sp³-hybridized carbons (Fsp3) is 0.0952. The van der Waals surface area contributed by atoms with Crippen LogP contribution in [0, 0.1) is 11.3 Å². The van der Waals surface area contributed by atoms with Crippen molar-refractivity contribution < 1.29 is 9.53 Å². The quantitative estimate of drug-likeness (QED) is 0.615. The Morgan fingerprint density at radius 2 is 1.93 bits per heavy atom. The molecule has 3 rings (SSSR count). The number of pyridine rings is 1. The van der Waals surface area contributed by atoms with Crippen molar-refractivity contribution in [1.82, 2.24) is 4.98 Å². The number of thioether (sulfide) groups is 1. The molecule has 0 fully saturated rings. The van der Waals surface area contributed by atoms with Crippen molar-refractivity contribution in [3.05, 3.63) is 77.4 Å². The first-order chi connectivity index (χ1) is 13.6. The number of carbonyl (C=O) groups excluding carboxylic acids is 1. The van der Waals surface area contributed by atoms with Gasteiger partial charge in [0.2, 0.25) is 0 Å². The third-order valence-electron chi connectivity index (χ3n) is 3.96. The summed E-state index contributed by atoms with van der Waals surface area (Å²) in [7, 11) is 1.52. The van der Waals surface area contributed by atoms with Crippen molar-refractivity contribution in [2.24, 2.45) is 0 Å². The summed E-state index contributed by atoms with van der Waals surface area (Å²) < 4.78 is 5.23. The number of hydrogen-bond acceptors (Lipinski definition) is 6. The van der Waals surface area contributed by atoms with E-state index in [0.29, 0.717) is 27.8 Å². The molecular formula is C21H18N4O2S. The fourth-order valence-corrected chi connectivity index (χ4v) is 3.46. The number of nitrogen functional groups attached to an aromatic ring is 1. The highest BCUT2D eigenvalue weighted by atomic mass is 32.2. The van der Waals surface area contributed by atoms with Gasteiger partial charge in [-0.3, -0.25) is 4.79 Å². The smallest absolute Gasteiger partial charge is 0.259 e. The number of methoxy groups -OCH3 is 1. The van der Waals surface area contributed by atoms with E-state index in [1.54, 1.807) is 24.3 Å². The maximum absolute atomic E-state index is 12.7. The summed E-state index contributed by atoms with van der Waals surface area (Å²) in [6.07, 6.45) is 0. The zero-order valence-electron chi connectivity index (χ0n) is 15.2. The van der Waals surface area contributed by atoms with Gasteiger partial charge in [0.05, 0.1) is 23.9 Å². The molecule has 3 N–H and O–H groups in total. The molecular weight excluding hydrogens is 372 g/mol. The van der Waals surface area contributed by atoms with Crippen LogP contribution in [0.4, 0.5) is 11.5 Å². The van der Waals surface area contributed by atoms with Crippen LogP contribution in [0.1, 0.15) is 21.5 Å². The molecule has 0 aliphatic carbocycles. The Bertz CT molecular complexity index is 1030. The Kier molecular flexibility index (Phi) is 6.14. The first-order valence-corrected chi connectivity index (χ1v) is 9.42. The van der Waals surface area contributed by atoms with E-state index in [2.05, 4.69) is 16.4 Å². The van der Waals surface area contributed by atoms with Crippen LogP contribution in [0.25, 0.3) is 0 Å². The van der Waals surface area contributed by atoms with Gasteiger partial charge in [-0.25, -0.2) is 4.98 Å². The number of hydrogen-bond donors (Lipinski definition) is 2. The number of amides is 1. The lowest BCUT2D eigenvalue weighted by atomic mass is 10.1. The van der Waals surface area contributed by atoms with Gasteiger partial charge in [-0.1, -0.05) is 42.5 Å². The van der Waals surface area contributed by atoms with Crippen molar-refractivity contribution in [3.63, 3.8) is 0 Å². The molecule has 28 heavy (non-hydrogen) atoms. The number of nitriles is 1. The van der Waals surface area contributed by atoms with Crippen LogP contribution in [0.2, 0.25) is 0 Å². The van der Waals surface area contributed by atoms with Gasteiger partial charge in [-0.2, -0.15) is 5.26 Å². The second-order valence-electron chi connectivity index (χ2n) is 5.81. The van der Waals surface area contributed by atoms with Crippen LogP contribution in [0.15, 0.2) is 65.7 Å². The number of aromatic nitrogens is 1. The molecule has 6 nitrogen and oxygen atoms in total. The summed E-state index contributed by atoms with van der Waals surface area (Å²) >= 11 is 1.40. The van der Waals surface area contributed by atoms with Crippen LogP contribution < -0.4 is 15.8 Å². The van der Waals surface area contributed by atoms with E-state index in [9.17, 15) is 10.1 Å². The number of carbonyl (C=O) groups is 1. The van der Waals surface area contributed by atoms with Gasteiger partial charge in [0.1, 0.15) is 22.7 Å². The zero-order valence-corrected chi connectivity index (χ0v) is 16.0. The second-order valence-corrected chi connectivity index (χ2v) is 6.78. The summed E-state index contributed by atoms with van der Waals surface area (Å²) in [6, 6.07) is 20.5. The van der Waals surface area contributed by atoms with E-state index in [0.717, 1.165) is 5.56 Å². The number of ether oxygens (including phenoxy) is 1. The van der Waals surface area contributed by atoms with Crippen LogP contribution in [-0.2, 0) is 5.75 Å². The summed E-state index contributed by atoms with van der Waals surface area (Å²) in [5.74, 6) is 0.792. The first kappa shape index (κ1) is 19.3. The van der Waals surface area contributed by atoms with Crippen molar-refractivity contribution in [3.8, 4) is 11.8 Å². The first-order valence-electron chi connectivity index (χ1n) is 8.44. The zero-order chi connectivity index (χ0) is 19.9. The van der Waals surface area contributed by atoms with E-state index >= 15 is 0 Å². The predicted molar refractivity (Wildman–Crippen MR) is 110 cm³/mol. The molecule has 0 atom stereocenters. The van der Waals surface area contributed by atoms with Gasteiger partial charge in [0.25, 0.3) is 5.91 Å². The molecule has 3 aromatic rings. The molecule has 7 heteroatoms. The van der Waals surface area contributed by atoms with Crippen LogP contribution in [0.3, 0.4) is 0 Å². The predicted octanol–water partition coefficient (Wildman–Crippen LogP) is 4.09. The Morgan fingerprint density at radius 1 is 1.21 bits per heavy atom. The van der Waals surface area contributed by atoms with Gasteiger partial charge >= 0.3 is 0 Å². The number of nitrogens with one attached hydrogen (secondary N) is 1. The standard InChI is InChI=1S/C21H18N4O2S/c1-27-18-10-6-5-9-17(18)24-20(26)16-11-15(12-22)21(25-19(16)23)28-13-14-7-3-2-4-8-14/h2-11H,13H2,1H3,(H2,23,25)(H,24,26). The number of nitrogens with zero attached hydrogens (tertiary/aromatic N) is 2. The lowest BCUT2D eigenvalue weighted by Crippen LogP contribution is -2.16. The van der Waals surface area contributed by atoms with Gasteiger partial charge in [0.15, 0.2) is 0 Å². The fourth-order valence-electron chi connectivity index (χ4n) is 2.55. The SMILES string of the molecule is COc1ccccc1NC(=O)c1cc(C#N)c(SCc2ccccc2)nc1N. The highest BCUT2D eigenvalue weighted by molar-refractivity contribution is 7.98. The Balaban J connectivity index is 1.82. The summed E-state index contributed by atoms with van der Waals surface area (Å²) in [5.41, 5.74) is 8.08. The average molecular weight is 390 g/mol. The monoisotopic (exact) mass is 390 g/mol. The third kappa shape index (κ3) is 4.42. The summed E-state index contributed by atoms with van der Waals surface area (Å²) in [6.45, 7) is 0. The number of anilines is 2. The van der Waals surface area contributed by atoms with Gasteiger partial charge < -0.3 is 15.8 Å². The molecule has 1 amide bonds. The molecule has 0 bridgehead atoms. The topological polar surface area (TPSA) is 101 Å². The molecule has 2 aromatic carbocycles. The lowest BCUT2D eigenvalue weighted by Gasteiger charge is -2.12. The van der Waals surface area contributed by atoms with E-state index in [1.165, 1.54) is 24.9 Å². The minimum atomic E-state index is -0.453. The Labute approximate surface area is 167 Å². The molecule has 0 radical (unpaired) electrons. The number of benzene rings is 2. The third-order valence-corrected chi connectivity index (χ3v) is 5.02. The highest BCUT2D eigenvalue weighted by Crippen LogP contribution is 2.28. The molecule has 0 spiro atoms. The molecule has 0 aliphatic heterocycles.